The maximum Gasteiger partial charge on any atom is 0.407 e. The lowest BCUT2D eigenvalue weighted by Crippen LogP contribution is -2.33. The fourth-order valence-electron chi connectivity index (χ4n) is 2.04. The van der Waals surface area contributed by atoms with Crippen molar-refractivity contribution in [1.82, 2.24) is 4.90 Å². The molecule has 1 amide bonds. The van der Waals surface area contributed by atoms with Crippen LogP contribution in [0.1, 0.15) is 13.3 Å². The van der Waals surface area contributed by atoms with Crippen molar-refractivity contribution in [2.75, 3.05) is 6.54 Å². The largest absolute Gasteiger partial charge is 0.489 e. The number of ether oxygens (including phenoxy) is 1. The first kappa shape index (κ1) is 11.7. The molecule has 0 bridgehead atoms. The Balaban J connectivity index is 1.97. The summed E-state index contributed by atoms with van der Waals surface area (Å²) in [6.45, 7) is 2.20. The number of rotatable bonds is 2. The highest BCUT2D eigenvalue weighted by atomic mass is 19.1. The SMILES string of the molecule is C[C@@H]1C[C@H](Oc2ccc(F)cc2)CN1C(=O)O. The molecule has 1 aromatic rings. The van der Waals surface area contributed by atoms with Gasteiger partial charge >= 0.3 is 6.09 Å². The molecule has 1 aliphatic heterocycles. The Bertz CT molecular complexity index is 407. The molecule has 1 saturated heterocycles. The minimum Gasteiger partial charge on any atom is -0.489 e. The number of amides is 1. The van der Waals surface area contributed by atoms with Crippen LogP contribution in [0.4, 0.5) is 9.18 Å². The van der Waals surface area contributed by atoms with Crippen molar-refractivity contribution < 1.29 is 19.0 Å². The molecule has 0 spiro atoms. The Labute approximate surface area is 98.6 Å². The molecule has 5 heteroatoms. The van der Waals surface area contributed by atoms with Crippen LogP contribution in [0, 0.1) is 5.82 Å². The van der Waals surface area contributed by atoms with Crippen LogP contribution in [0.25, 0.3) is 0 Å². The van der Waals surface area contributed by atoms with Gasteiger partial charge in [0.05, 0.1) is 6.54 Å². The number of carboxylic acid groups (broad SMARTS) is 1. The first-order valence-electron chi connectivity index (χ1n) is 5.48. The fourth-order valence-corrected chi connectivity index (χ4v) is 2.04. The van der Waals surface area contributed by atoms with Crippen molar-refractivity contribution in [2.24, 2.45) is 0 Å². The molecule has 2 rings (SSSR count). The van der Waals surface area contributed by atoms with Crippen LogP contribution in [0.15, 0.2) is 24.3 Å². The van der Waals surface area contributed by atoms with Gasteiger partial charge in [-0.25, -0.2) is 9.18 Å². The van der Waals surface area contributed by atoms with E-state index in [0.29, 0.717) is 18.7 Å². The van der Waals surface area contributed by atoms with Gasteiger partial charge in [0.25, 0.3) is 0 Å². The van der Waals surface area contributed by atoms with Crippen molar-refractivity contribution in [1.29, 1.82) is 0 Å². The molecule has 17 heavy (non-hydrogen) atoms. The summed E-state index contributed by atoms with van der Waals surface area (Å²) >= 11 is 0. The van der Waals surface area contributed by atoms with E-state index in [1.165, 1.54) is 17.0 Å². The maximum absolute atomic E-state index is 12.7. The molecule has 0 unspecified atom stereocenters. The van der Waals surface area contributed by atoms with E-state index >= 15 is 0 Å². The summed E-state index contributed by atoms with van der Waals surface area (Å²) in [6, 6.07) is 5.69. The second-order valence-electron chi connectivity index (χ2n) is 4.21. The summed E-state index contributed by atoms with van der Waals surface area (Å²) in [6.07, 6.45) is -0.432. The molecule has 92 valence electrons. The molecule has 1 N–H and O–H groups in total. The summed E-state index contributed by atoms with van der Waals surface area (Å²) in [5, 5.41) is 8.92. The number of hydrogen-bond acceptors (Lipinski definition) is 2. The van der Waals surface area contributed by atoms with Crippen molar-refractivity contribution in [3.8, 4) is 5.75 Å². The lowest BCUT2D eigenvalue weighted by Gasteiger charge is -2.16. The second-order valence-corrected chi connectivity index (χ2v) is 4.21. The second kappa shape index (κ2) is 4.61. The van der Waals surface area contributed by atoms with Gasteiger partial charge in [-0.1, -0.05) is 0 Å². The third kappa shape index (κ3) is 2.67. The zero-order valence-electron chi connectivity index (χ0n) is 9.47. The van der Waals surface area contributed by atoms with Gasteiger partial charge in [0, 0.05) is 12.5 Å². The van der Waals surface area contributed by atoms with Crippen LogP contribution in [-0.2, 0) is 0 Å². The standard InChI is InChI=1S/C12H14FNO3/c1-8-6-11(7-14(8)12(15)16)17-10-4-2-9(13)3-5-10/h2-5,8,11H,6-7H2,1H3,(H,15,16)/t8-,11+/m1/s1. The van der Waals surface area contributed by atoms with Gasteiger partial charge in [-0.2, -0.15) is 0 Å². The van der Waals surface area contributed by atoms with Crippen molar-refractivity contribution >= 4 is 6.09 Å². The highest BCUT2D eigenvalue weighted by molar-refractivity contribution is 5.65. The third-order valence-corrected chi connectivity index (χ3v) is 2.90. The topological polar surface area (TPSA) is 49.8 Å². The molecule has 1 aliphatic rings. The van der Waals surface area contributed by atoms with Crippen LogP contribution in [0.2, 0.25) is 0 Å². The Morgan fingerprint density at radius 1 is 1.47 bits per heavy atom. The van der Waals surface area contributed by atoms with Crippen LogP contribution in [-0.4, -0.2) is 34.8 Å². The highest BCUT2D eigenvalue weighted by Crippen LogP contribution is 2.22. The lowest BCUT2D eigenvalue weighted by atomic mass is 10.2. The molecule has 1 heterocycles. The molecule has 0 aromatic heterocycles. The van der Waals surface area contributed by atoms with Crippen LogP contribution >= 0.6 is 0 Å². The average Bonchev–Trinajstić information content (AvgIpc) is 2.63. The molecule has 4 nitrogen and oxygen atoms in total. The van der Waals surface area contributed by atoms with Crippen LogP contribution in [0.5, 0.6) is 5.75 Å². The zero-order valence-corrected chi connectivity index (χ0v) is 9.47. The number of benzene rings is 1. The minimum absolute atomic E-state index is 0.0436. The van der Waals surface area contributed by atoms with E-state index in [-0.39, 0.29) is 18.0 Å². The summed E-state index contributed by atoms with van der Waals surface area (Å²) in [4.78, 5) is 12.2. The predicted octanol–water partition coefficient (Wildman–Crippen LogP) is 2.35. The predicted molar refractivity (Wildman–Crippen MR) is 59.6 cm³/mol. The van der Waals surface area contributed by atoms with Gasteiger partial charge in [0.1, 0.15) is 17.7 Å². The maximum atomic E-state index is 12.7. The normalized spacial score (nSPS) is 23.8. The van der Waals surface area contributed by atoms with Crippen molar-refractivity contribution in [3.05, 3.63) is 30.1 Å². The number of halogens is 1. The average molecular weight is 239 g/mol. The van der Waals surface area contributed by atoms with E-state index in [2.05, 4.69) is 0 Å². The molecule has 0 saturated carbocycles. The van der Waals surface area contributed by atoms with Gasteiger partial charge in [0.2, 0.25) is 0 Å². The summed E-state index contributed by atoms with van der Waals surface area (Å²) in [7, 11) is 0. The molecule has 0 radical (unpaired) electrons. The summed E-state index contributed by atoms with van der Waals surface area (Å²) in [5.74, 6) is 0.250. The van der Waals surface area contributed by atoms with E-state index in [1.807, 2.05) is 6.92 Å². The quantitative estimate of drug-likeness (QED) is 0.861. The molecule has 1 aromatic carbocycles. The van der Waals surface area contributed by atoms with Crippen molar-refractivity contribution in [3.63, 3.8) is 0 Å². The lowest BCUT2D eigenvalue weighted by molar-refractivity contribution is 0.137. The van der Waals surface area contributed by atoms with E-state index in [9.17, 15) is 9.18 Å². The van der Waals surface area contributed by atoms with E-state index in [4.69, 9.17) is 9.84 Å². The number of nitrogens with zero attached hydrogens (tertiary/aromatic N) is 1. The molecular weight excluding hydrogens is 225 g/mol. The van der Waals surface area contributed by atoms with Gasteiger partial charge in [0.15, 0.2) is 0 Å². The van der Waals surface area contributed by atoms with Gasteiger partial charge < -0.3 is 14.7 Å². The van der Waals surface area contributed by atoms with Crippen molar-refractivity contribution in [2.45, 2.75) is 25.5 Å². The number of likely N-dealkylation sites (tertiary alicyclic amines) is 1. The third-order valence-electron chi connectivity index (χ3n) is 2.90. The fraction of sp³-hybridized carbons (Fsp3) is 0.417. The molecule has 0 aliphatic carbocycles. The monoisotopic (exact) mass is 239 g/mol. The first-order valence-corrected chi connectivity index (χ1v) is 5.48. The van der Waals surface area contributed by atoms with E-state index in [1.54, 1.807) is 12.1 Å². The molecular formula is C12H14FNO3. The molecule has 2 atom stereocenters. The smallest absolute Gasteiger partial charge is 0.407 e. The van der Waals surface area contributed by atoms with E-state index < -0.39 is 6.09 Å². The van der Waals surface area contributed by atoms with E-state index in [0.717, 1.165) is 0 Å². The van der Waals surface area contributed by atoms with Gasteiger partial charge in [-0.15, -0.1) is 0 Å². The molecule has 1 fully saturated rings. The van der Waals surface area contributed by atoms with Gasteiger partial charge in [-0.3, -0.25) is 0 Å². The Morgan fingerprint density at radius 3 is 2.65 bits per heavy atom. The number of carbonyl (C=O) groups is 1. The summed E-state index contributed by atoms with van der Waals surface area (Å²) in [5.41, 5.74) is 0. The Hall–Kier alpha value is -1.78. The van der Waals surface area contributed by atoms with Crippen LogP contribution in [0.3, 0.4) is 0 Å². The Kier molecular flexibility index (Phi) is 3.17. The number of hydrogen-bond donors (Lipinski definition) is 1. The summed E-state index contributed by atoms with van der Waals surface area (Å²) < 4.78 is 18.3. The van der Waals surface area contributed by atoms with Crippen LogP contribution < -0.4 is 4.74 Å². The highest BCUT2D eigenvalue weighted by Gasteiger charge is 2.33. The van der Waals surface area contributed by atoms with Gasteiger partial charge in [-0.05, 0) is 31.2 Å². The first-order chi connectivity index (χ1) is 8.06. The Morgan fingerprint density at radius 2 is 2.12 bits per heavy atom. The minimum atomic E-state index is -0.928. The zero-order chi connectivity index (χ0) is 12.4.